The van der Waals surface area contributed by atoms with Crippen molar-refractivity contribution >= 4 is 34.6 Å². The Kier molecular flexibility index (Phi) is 5.09. The number of likely N-dealkylation sites (N-methyl/N-ethyl adjacent to an activating group) is 1. The van der Waals surface area contributed by atoms with E-state index in [1.165, 1.54) is 22.9 Å². The van der Waals surface area contributed by atoms with Gasteiger partial charge in [-0.1, -0.05) is 55.8 Å². The van der Waals surface area contributed by atoms with Crippen LogP contribution in [0, 0.1) is 6.92 Å². The number of thioether (sulfide) groups is 1. The van der Waals surface area contributed by atoms with Gasteiger partial charge in [-0.05, 0) is 53.9 Å². The number of aliphatic imine (C=N–C) groups is 1. The first kappa shape index (κ1) is 17.5. The molecule has 2 aromatic carbocycles. The number of carbonyl (C=O) groups is 1. The van der Waals surface area contributed by atoms with Gasteiger partial charge in [0.15, 0.2) is 5.17 Å². The van der Waals surface area contributed by atoms with Crippen LogP contribution >= 0.6 is 11.8 Å². The van der Waals surface area contributed by atoms with Crippen molar-refractivity contribution in [3.8, 4) is 0 Å². The molecule has 3 nitrogen and oxygen atoms in total. The highest BCUT2D eigenvalue weighted by Gasteiger charge is 2.30. The van der Waals surface area contributed by atoms with E-state index in [-0.39, 0.29) is 5.91 Å². The molecule has 1 saturated heterocycles. The molecule has 3 rings (SSSR count). The molecular weight excluding hydrogens is 328 g/mol. The van der Waals surface area contributed by atoms with Gasteiger partial charge in [0.2, 0.25) is 0 Å². The fraction of sp³-hybridized carbons (Fsp3) is 0.238. The molecule has 1 amide bonds. The van der Waals surface area contributed by atoms with Crippen LogP contribution in [-0.2, 0) is 4.79 Å². The first-order valence-corrected chi connectivity index (χ1v) is 9.18. The summed E-state index contributed by atoms with van der Waals surface area (Å²) in [5, 5.41) is 0.707. The van der Waals surface area contributed by atoms with Crippen LogP contribution in [0.1, 0.15) is 36.5 Å². The van der Waals surface area contributed by atoms with Crippen molar-refractivity contribution in [2.45, 2.75) is 26.7 Å². The number of amidine groups is 1. The minimum Gasteiger partial charge on any atom is -0.290 e. The van der Waals surface area contributed by atoms with Crippen LogP contribution in [0.5, 0.6) is 0 Å². The Morgan fingerprint density at radius 1 is 1.04 bits per heavy atom. The van der Waals surface area contributed by atoms with Gasteiger partial charge in [-0.25, -0.2) is 4.99 Å². The molecule has 0 bridgehead atoms. The van der Waals surface area contributed by atoms with Gasteiger partial charge in [0, 0.05) is 7.05 Å². The van der Waals surface area contributed by atoms with Crippen LogP contribution in [0.3, 0.4) is 0 Å². The Labute approximate surface area is 153 Å². The van der Waals surface area contributed by atoms with Crippen LogP contribution in [0.25, 0.3) is 6.08 Å². The van der Waals surface area contributed by atoms with E-state index in [2.05, 4.69) is 43.1 Å². The van der Waals surface area contributed by atoms with E-state index in [9.17, 15) is 4.79 Å². The zero-order valence-electron chi connectivity index (χ0n) is 15.0. The van der Waals surface area contributed by atoms with E-state index >= 15 is 0 Å². The van der Waals surface area contributed by atoms with Gasteiger partial charge < -0.3 is 0 Å². The molecule has 0 aromatic heterocycles. The first-order valence-electron chi connectivity index (χ1n) is 8.37. The van der Waals surface area contributed by atoms with Crippen LogP contribution < -0.4 is 0 Å². The molecule has 25 heavy (non-hydrogen) atoms. The number of benzene rings is 2. The molecule has 0 N–H and O–H groups in total. The molecule has 128 valence electrons. The molecule has 2 aromatic rings. The number of hydrogen-bond acceptors (Lipinski definition) is 3. The summed E-state index contributed by atoms with van der Waals surface area (Å²) in [6.07, 6.45) is 1.94. The largest absolute Gasteiger partial charge is 0.290 e. The van der Waals surface area contributed by atoms with Crippen LogP contribution in [0.2, 0.25) is 0 Å². The molecule has 1 fully saturated rings. The van der Waals surface area contributed by atoms with Gasteiger partial charge in [0.1, 0.15) is 0 Å². The van der Waals surface area contributed by atoms with E-state index in [0.29, 0.717) is 16.0 Å². The van der Waals surface area contributed by atoms with Gasteiger partial charge in [-0.15, -0.1) is 0 Å². The van der Waals surface area contributed by atoms with Crippen molar-refractivity contribution < 1.29 is 4.79 Å². The minimum absolute atomic E-state index is 0.0104. The topological polar surface area (TPSA) is 32.7 Å². The quantitative estimate of drug-likeness (QED) is 0.699. The highest BCUT2D eigenvalue weighted by atomic mass is 32.2. The van der Waals surface area contributed by atoms with Gasteiger partial charge in [-0.3, -0.25) is 9.69 Å². The number of nitrogens with zero attached hydrogens (tertiary/aromatic N) is 2. The number of aryl methyl sites for hydroxylation is 1. The van der Waals surface area contributed by atoms with E-state index in [1.54, 1.807) is 11.9 Å². The summed E-state index contributed by atoms with van der Waals surface area (Å²) >= 11 is 1.42. The average molecular weight is 350 g/mol. The number of carbonyl (C=O) groups excluding carboxylic acids is 1. The van der Waals surface area contributed by atoms with Crippen molar-refractivity contribution in [2.75, 3.05) is 7.05 Å². The molecule has 0 aliphatic carbocycles. The second-order valence-electron chi connectivity index (χ2n) is 6.53. The summed E-state index contributed by atoms with van der Waals surface area (Å²) < 4.78 is 0. The molecular formula is C21H22N2OS. The maximum absolute atomic E-state index is 12.5. The van der Waals surface area contributed by atoms with Gasteiger partial charge in [0.05, 0.1) is 10.6 Å². The molecule has 0 radical (unpaired) electrons. The summed E-state index contributed by atoms with van der Waals surface area (Å²) in [6.45, 7) is 6.39. The zero-order chi connectivity index (χ0) is 18.0. The Balaban J connectivity index is 1.84. The Hall–Kier alpha value is -2.33. The smallest absolute Gasteiger partial charge is 0.266 e. The molecule has 1 aliphatic heterocycles. The molecule has 1 heterocycles. The average Bonchev–Trinajstić information content (AvgIpc) is 2.85. The first-order chi connectivity index (χ1) is 11.9. The standard InChI is InChI=1S/C21H22N2OS/c1-14(2)17-9-7-16(8-10-17)13-19-20(24)23(4)21(25-19)22-18-11-5-15(3)6-12-18/h5-14H,1-4H3/b19-13+,22-21?. The summed E-state index contributed by atoms with van der Waals surface area (Å²) in [6, 6.07) is 16.3. The minimum atomic E-state index is -0.0104. The highest BCUT2D eigenvalue weighted by Crippen LogP contribution is 2.33. The SMILES string of the molecule is Cc1ccc(N=C2S/C(=C/c3ccc(C(C)C)cc3)C(=O)N2C)cc1. The van der Waals surface area contributed by atoms with E-state index in [4.69, 9.17) is 0 Å². The maximum Gasteiger partial charge on any atom is 0.266 e. The second kappa shape index (κ2) is 7.28. The molecule has 0 saturated carbocycles. The summed E-state index contributed by atoms with van der Waals surface area (Å²) in [7, 11) is 1.77. The zero-order valence-corrected chi connectivity index (χ0v) is 15.8. The van der Waals surface area contributed by atoms with E-state index < -0.39 is 0 Å². The lowest BCUT2D eigenvalue weighted by molar-refractivity contribution is -0.121. The Morgan fingerprint density at radius 2 is 1.68 bits per heavy atom. The monoisotopic (exact) mass is 350 g/mol. The third-order valence-corrected chi connectivity index (χ3v) is 5.22. The normalized spacial score (nSPS) is 18.0. The summed E-state index contributed by atoms with van der Waals surface area (Å²) in [5.41, 5.74) is 4.38. The number of amides is 1. The number of hydrogen-bond donors (Lipinski definition) is 0. The lowest BCUT2D eigenvalue weighted by Crippen LogP contribution is -2.23. The van der Waals surface area contributed by atoms with Crippen molar-refractivity contribution in [1.82, 2.24) is 4.90 Å². The highest BCUT2D eigenvalue weighted by molar-refractivity contribution is 8.18. The molecule has 1 aliphatic rings. The van der Waals surface area contributed by atoms with Crippen molar-refractivity contribution in [2.24, 2.45) is 4.99 Å². The van der Waals surface area contributed by atoms with Crippen molar-refractivity contribution in [3.05, 3.63) is 70.1 Å². The molecule has 4 heteroatoms. The van der Waals surface area contributed by atoms with Crippen LogP contribution in [-0.4, -0.2) is 23.0 Å². The number of rotatable bonds is 3. The van der Waals surface area contributed by atoms with E-state index in [1.807, 2.05) is 37.3 Å². The maximum atomic E-state index is 12.5. The van der Waals surface area contributed by atoms with Crippen LogP contribution in [0.4, 0.5) is 5.69 Å². The molecule has 0 spiro atoms. The summed E-state index contributed by atoms with van der Waals surface area (Å²) in [5.74, 6) is 0.493. The third kappa shape index (κ3) is 4.02. The fourth-order valence-corrected chi connectivity index (χ4v) is 3.50. The lowest BCUT2D eigenvalue weighted by Gasteiger charge is -2.07. The summed E-state index contributed by atoms with van der Waals surface area (Å²) in [4.78, 5) is 19.4. The van der Waals surface area contributed by atoms with Crippen molar-refractivity contribution in [1.29, 1.82) is 0 Å². The second-order valence-corrected chi connectivity index (χ2v) is 7.54. The van der Waals surface area contributed by atoms with E-state index in [0.717, 1.165) is 11.3 Å². The van der Waals surface area contributed by atoms with Gasteiger partial charge >= 0.3 is 0 Å². The molecule has 0 unspecified atom stereocenters. The van der Waals surface area contributed by atoms with Gasteiger partial charge in [-0.2, -0.15) is 0 Å². The molecule has 0 atom stereocenters. The predicted molar refractivity (Wildman–Crippen MR) is 107 cm³/mol. The Bertz CT molecular complexity index is 833. The third-order valence-electron chi connectivity index (χ3n) is 4.16. The van der Waals surface area contributed by atoms with Crippen LogP contribution in [0.15, 0.2) is 58.4 Å². The Morgan fingerprint density at radius 3 is 2.28 bits per heavy atom. The van der Waals surface area contributed by atoms with Crippen molar-refractivity contribution in [3.63, 3.8) is 0 Å². The van der Waals surface area contributed by atoms with Gasteiger partial charge in [0.25, 0.3) is 5.91 Å². The lowest BCUT2D eigenvalue weighted by atomic mass is 10.0. The predicted octanol–water partition coefficient (Wildman–Crippen LogP) is 5.35. The fourth-order valence-electron chi connectivity index (χ4n) is 2.51.